The summed E-state index contributed by atoms with van der Waals surface area (Å²) in [5, 5.41) is 8.74. The Morgan fingerprint density at radius 2 is 2.10 bits per heavy atom. The van der Waals surface area contributed by atoms with E-state index < -0.39 is 0 Å². The minimum atomic E-state index is -0.177. The van der Waals surface area contributed by atoms with Gasteiger partial charge in [-0.15, -0.1) is 0 Å². The Kier molecular flexibility index (Phi) is 4.75. The van der Waals surface area contributed by atoms with E-state index >= 15 is 0 Å². The van der Waals surface area contributed by atoms with Crippen molar-refractivity contribution in [3.8, 4) is 11.8 Å². The number of Topliss-reactive ketones (excluding diaryl/α,β-unsaturated/α-hetero) is 1. The van der Waals surface area contributed by atoms with E-state index in [1.54, 1.807) is 31.4 Å². The Balaban J connectivity index is 2.07. The average molecular weight is 272 g/mol. The summed E-state index contributed by atoms with van der Waals surface area (Å²) in [5.41, 5.74) is 0.695. The zero-order valence-corrected chi connectivity index (χ0v) is 12.0. The number of nitriles is 1. The van der Waals surface area contributed by atoms with Gasteiger partial charge in [0.25, 0.3) is 0 Å². The molecule has 1 aromatic carbocycles. The maximum absolute atomic E-state index is 12.5. The van der Waals surface area contributed by atoms with Gasteiger partial charge in [-0.3, -0.25) is 9.69 Å². The molecule has 4 nitrogen and oxygen atoms in total. The van der Waals surface area contributed by atoms with Gasteiger partial charge in [-0.2, -0.15) is 5.26 Å². The van der Waals surface area contributed by atoms with Crippen molar-refractivity contribution in [3.63, 3.8) is 0 Å². The summed E-state index contributed by atoms with van der Waals surface area (Å²) >= 11 is 0. The van der Waals surface area contributed by atoms with Crippen LogP contribution in [0.5, 0.6) is 5.75 Å². The van der Waals surface area contributed by atoms with Crippen LogP contribution in [0.1, 0.15) is 36.5 Å². The van der Waals surface area contributed by atoms with E-state index in [9.17, 15) is 4.79 Å². The maximum Gasteiger partial charge on any atom is 0.179 e. The first-order chi connectivity index (χ1) is 9.67. The average Bonchev–Trinajstić information content (AvgIpc) is 3.31. The predicted octanol–water partition coefficient (Wildman–Crippen LogP) is 2.64. The smallest absolute Gasteiger partial charge is 0.179 e. The number of nitrogens with zero attached hydrogens (tertiary/aromatic N) is 2. The van der Waals surface area contributed by atoms with Crippen LogP contribution in [0.3, 0.4) is 0 Å². The summed E-state index contributed by atoms with van der Waals surface area (Å²) in [6.07, 6.45) is 2.73. The molecule has 0 N–H and O–H groups in total. The highest BCUT2D eigenvalue weighted by molar-refractivity contribution is 6.00. The van der Waals surface area contributed by atoms with Crippen molar-refractivity contribution in [2.45, 2.75) is 38.3 Å². The molecule has 20 heavy (non-hydrogen) atoms. The summed E-state index contributed by atoms with van der Waals surface area (Å²) in [7, 11) is 1.61. The molecule has 1 atom stereocenters. The topological polar surface area (TPSA) is 53.3 Å². The fourth-order valence-corrected chi connectivity index (χ4v) is 2.42. The van der Waals surface area contributed by atoms with Gasteiger partial charge < -0.3 is 4.74 Å². The Morgan fingerprint density at radius 1 is 1.45 bits per heavy atom. The SMILES string of the molecule is COc1ccc(C(=O)C(C)N(CCC#N)C2CC2)cc1. The number of benzene rings is 1. The van der Waals surface area contributed by atoms with Gasteiger partial charge in [-0.05, 0) is 44.0 Å². The summed E-state index contributed by atoms with van der Waals surface area (Å²) in [4.78, 5) is 14.7. The molecule has 1 aromatic rings. The highest BCUT2D eigenvalue weighted by Gasteiger charge is 2.34. The standard InChI is InChI=1S/C16H20N2O2/c1-12(18(11-3-10-17)14-6-7-14)16(19)13-4-8-15(20-2)9-5-13/h4-5,8-9,12,14H,3,6-7,11H2,1-2H3. The van der Waals surface area contributed by atoms with E-state index in [-0.39, 0.29) is 11.8 Å². The van der Waals surface area contributed by atoms with Crippen molar-refractivity contribution < 1.29 is 9.53 Å². The van der Waals surface area contributed by atoms with E-state index in [0.717, 1.165) is 18.6 Å². The van der Waals surface area contributed by atoms with Crippen molar-refractivity contribution in [2.75, 3.05) is 13.7 Å². The number of carbonyl (C=O) groups excluding carboxylic acids is 1. The maximum atomic E-state index is 12.5. The summed E-state index contributed by atoms with van der Waals surface area (Å²) in [6, 6.07) is 9.66. The zero-order chi connectivity index (χ0) is 14.5. The van der Waals surface area contributed by atoms with E-state index in [1.165, 1.54) is 0 Å². The van der Waals surface area contributed by atoms with Crippen LogP contribution in [0.2, 0.25) is 0 Å². The minimum absolute atomic E-state index is 0.109. The number of carbonyl (C=O) groups is 1. The van der Waals surface area contributed by atoms with Crippen molar-refractivity contribution in [3.05, 3.63) is 29.8 Å². The lowest BCUT2D eigenvalue weighted by Gasteiger charge is -2.27. The van der Waals surface area contributed by atoms with Crippen LogP contribution >= 0.6 is 0 Å². The first-order valence-corrected chi connectivity index (χ1v) is 6.98. The molecule has 4 heteroatoms. The second-order valence-electron chi connectivity index (χ2n) is 5.15. The largest absolute Gasteiger partial charge is 0.497 e. The first-order valence-electron chi connectivity index (χ1n) is 6.98. The summed E-state index contributed by atoms with van der Waals surface area (Å²) in [5.74, 6) is 0.857. The fourth-order valence-electron chi connectivity index (χ4n) is 2.42. The van der Waals surface area contributed by atoms with E-state index in [1.807, 2.05) is 6.92 Å². The number of ketones is 1. The van der Waals surface area contributed by atoms with E-state index in [4.69, 9.17) is 10.00 Å². The lowest BCUT2D eigenvalue weighted by atomic mass is 10.0. The van der Waals surface area contributed by atoms with Gasteiger partial charge in [-0.25, -0.2) is 0 Å². The Hall–Kier alpha value is -1.86. The highest BCUT2D eigenvalue weighted by Crippen LogP contribution is 2.29. The Labute approximate surface area is 120 Å². The quantitative estimate of drug-likeness (QED) is 0.716. The van der Waals surface area contributed by atoms with Crippen LogP contribution in [0.15, 0.2) is 24.3 Å². The van der Waals surface area contributed by atoms with Crippen LogP contribution in [0.4, 0.5) is 0 Å². The first kappa shape index (κ1) is 14.5. The molecule has 1 aliphatic rings. The third kappa shape index (κ3) is 3.37. The molecule has 106 valence electrons. The normalized spacial score (nSPS) is 15.7. The number of methoxy groups -OCH3 is 1. The third-order valence-electron chi connectivity index (χ3n) is 3.75. The number of ether oxygens (including phenoxy) is 1. The van der Waals surface area contributed by atoms with Crippen molar-refractivity contribution in [1.82, 2.24) is 4.90 Å². The molecule has 0 aromatic heterocycles. The van der Waals surface area contributed by atoms with Crippen LogP contribution in [0.25, 0.3) is 0 Å². The third-order valence-corrected chi connectivity index (χ3v) is 3.75. The lowest BCUT2D eigenvalue weighted by molar-refractivity contribution is 0.0829. The molecule has 0 saturated heterocycles. The summed E-state index contributed by atoms with van der Waals surface area (Å²) < 4.78 is 5.10. The van der Waals surface area contributed by atoms with Crippen LogP contribution in [-0.4, -0.2) is 36.4 Å². The minimum Gasteiger partial charge on any atom is -0.497 e. The predicted molar refractivity (Wildman–Crippen MR) is 76.7 cm³/mol. The zero-order valence-electron chi connectivity index (χ0n) is 12.0. The fraction of sp³-hybridized carbons (Fsp3) is 0.500. The van der Waals surface area contributed by atoms with Gasteiger partial charge in [-0.1, -0.05) is 0 Å². The molecule has 1 saturated carbocycles. The molecule has 0 bridgehead atoms. The molecule has 1 unspecified atom stereocenters. The molecule has 0 amide bonds. The van der Waals surface area contributed by atoms with Crippen LogP contribution in [-0.2, 0) is 0 Å². The van der Waals surface area contributed by atoms with Crippen molar-refractivity contribution in [1.29, 1.82) is 5.26 Å². The Bertz CT molecular complexity index is 500. The molecular weight excluding hydrogens is 252 g/mol. The van der Waals surface area contributed by atoms with Gasteiger partial charge in [0.15, 0.2) is 5.78 Å². The van der Waals surface area contributed by atoms with E-state index in [0.29, 0.717) is 24.6 Å². The molecular formula is C16H20N2O2. The second kappa shape index (κ2) is 6.53. The number of hydrogen-bond donors (Lipinski definition) is 0. The van der Waals surface area contributed by atoms with Crippen molar-refractivity contribution >= 4 is 5.78 Å². The monoisotopic (exact) mass is 272 g/mol. The molecule has 1 aliphatic carbocycles. The molecule has 0 spiro atoms. The van der Waals surface area contributed by atoms with Crippen LogP contribution < -0.4 is 4.74 Å². The summed E-state index contributed by atoms with van der Waals surface area (Å²) in [6.45, 7) is 2.60. The molecule has 0 radical (unpaired) electrons. The van der Waals surface area contributed by atoms with Crippen molar-refractivity contribution in [2.24, 2.45) is 0 Å². The molecule has 1 fully saturated rings. The number of hydrogen-bond acceptors (Lipinski definition) is 4. The second-order valence-corrected chi connectivity index (χ2v) is 5.15. The Morgan fingerprint density at radius 3 is 2.60 bits per heavy atom. The van der Waals surface area contributed by atoms with E-state index in [2.05, 4.69) is 11.0 Å². The molecule has 0 heterocycles. The van der Waals surface area contributed by atoms with Gasteiger partial charge in [0.05, 0.1) is 19.2 Å². The number of rotatable bonds is 7. The van der Waals surface area contributed by atoms with Crippen LogP contribution in [0, 0.1) is 11.3 Å². The molecule has 0 aliphatic heterocycles. The van der Waals surface area contributed by atoms with Gasteiger partial charge in [0.1, 0.15) is 5.75 Å². The molecule has 2 rings (SSSR count). The van der Waals surface area contributed by atoms with Gasteiger partial charge in [0, 0.05) is 24.6 Å². The van der Waals surface area contributed by atoms with Gasteiger partial charge >= 0.3 is 0 Å². The highest BCUT2D eigenvalue weighted by atomic mass is 16.5. The lowest BCUT2D eigenvalue weighted by Crippen LogP contribution is -2.41. The van der Waals surface area contributed by atoms with Gasteiger partial charge in [0.2, 0.25) is 0 Å².